The van der Waals surface area contributed by atoms with Gasteiger partial charge in [-0.15, -0.1) is 24.0 Å². The molecule has 1 saturated heterocycles. The summed E-state index contributed by atoms with van der Waals surface area (Å²) in [5.41, 5.74) is 6.72. The van der Waals surface area contributed by atoms with Crippen molar-refractivity contribution < 1.29 is 9.13 Å². The van der Waals surface area contributed by atoms with E-state index in [1.165, 1.54) is 13.2 Å². The minimum absolute atomic E-state index is 0. The van der Waals surface area contributed by atoms with Gasteiger partial charge in [0.05, 0.1) is 13.7 Å². The zero-order valence-corrected chi connectivity index (χ0v) is 14.5. The van der Waals surface area contributed by atoms with Crippen LogP contribution in [-0.2, 0) is 6.54 Å². The van der Waals surface area contributed by atoms with Crippen LogP contribution in [0.25, 0.3) is 0 Å². The molecule has 2 rings (SSSR count). The van der Waals surface area contributed by atoms with Gasteiger partial charge in [0.25, 0.3) is 0 Å². The van der Waals surface area contributed by atoms with Crippen LogP contribution in [-0.4, -0.2) is 42.6 Å². The van der Waals surface area contributed by atoms with E-state index >= 15 is 0 Å². The Morgan fingerprint density at radius 2 is 2.15 bits per heavy atom. The van der Waals surface area contributed by atoms with Crippen LogP contribution in [0.5, 0.6) is 5.75 Å². The van der Waals surface area contributed by atoms with Crippen LogP contribution in [0, 0.1) is 5.82 Å². The van der Waals surface area contributed by atoms with Gasteiger partial charge >= 0.3 is 0 Å². The van der Waals surface area contributed by atoms with Gasteiger partial charge in [-0.3, -0.25) is 0 Å². The van der Waals surface area contributed by atoms with Gasteiger partial charge in [-0.1, -0.05) is 6.07 Å². The fourth-order valence-corrected chi connectivity index (χ4v) is 2.78. The molecule has 1 aromatic carbocycles. The summed E-state index contributed by atoms with van der Waals surface area (Å²) in [6.45, 7) is 2.24. The summed E-state index contributed by atoms with van der Waals surface area (Å²) in [6.07, 6.45) is 0. The number of ether oxygens (including phenoxy) is 1. The van der Waals surface area contributed by atoms with Crippen molar-refractivity contribution in [2.45, 2.75) is 6.54 Å². The monoisotopic (exact) mass is 411 g/mol. The Labute approximate surface area is 140 Å². The smallest absolute Gasteiger partial charge is 0.191 e. The van der Waals surface area contributed by atoms with Crippen molar-refractivity contribution in [3.63, 3.8) is 0 Å². The average Bonchev–Trinajstić information content (AvgIpc) is 2.46. The van der Waals surface area contributed by atoms with Crippen molar-refractivity contribution in [2.75, 3.05) is 31.7 Å². The van der Waals surface area contributed by atoms with E-state index < -0.39 is 0 Å². The van der Waals surface area contributed by atoms with Gasteiger partial charge in [-0.2, -0.15) is 11.8 Å². The predicted octanol–water partition coefficient (Wildman–Crippen LogP) is 2.32. The second kappa shape index (κ2) is 8.56. The Kier molecular flexibility index (Phi) is 7.42. The highest BCUT2D eigenvalue weighted by atomic mass is 127. The Morgan fingerprint density at radius 1 is 1.45 bits per heavy atom. The van der Waals surface area contributed by atoms with Crippen molar-refractivity contribution in [3.8, 4) is 5.75 Å². The summed E-state index contributed by atoms with van der Waals surface area (Å²) in [7, 11) is 1.45. The molecule has 0 bridgehead atoms. The first-order valence-corrected chi connectivity index (χ1v) is 7.31. The van der Waals surface area contributed by atoms with Gasteiger partial charge < -0.3 is 15.4 Å². The molecule has 0 atom stereocenters. The number of nitrogens with two attached hydrogens (primary N) is 1. The average molecular weight is 411 g/mol. The van der Waals surface area contributed by atoms with Crippen LogP contribution in [0.4, 0.5) is 4.39 Å². The molecular weight excluding hydrogens is 392 g/mol. The predicted molar refractivity (Wildman–Crippen MR) is 92.6 cm³/mol. The summed E-state index contributed by atoms with van der Waals surface area (Å²) in [5, 5.41) is 0. The molecule has 0 aromatic heterocycles. The number of aliphatic imine (C=N–C) groups is 1. The van der Waals surface area contributed by atoms with Gasteiger partial charge in [-0.25, -0.2) is 9.38 Å². The molecule has 2 N–H and O–H groups in total. The third kappa shape index (κ3) is 4.69. The maximum atomic E-state index is 13.5. The van der Waals surface area contributed by atoms with E-state index in [2.05, 4.69) is 9.89 Å². The normalized spacial score (nSPS) is 15.7. The third-order valence-electron chi connectivity index (χ3n) is 2.97. The van der Waals surface area contributed by atoms with Crippen molar-refractivity contribution >= 4 is 41.7 Å². The van der Waals surface area contributed by atoms with Gasteiger partial charge in [0.15, 0.2) is 17.5 Å². The van der Waals surface area contributed by atoms with E-state index in [1.807, 2.05) is 11.8 Å². The minimum Gasteiger partial charge on any atom is -0.494 e. The molecule has 1 fully saturated rings. The zero-order valence-electron chi connectivity index (χ0n) is 11.3. The first-order valence-electron chi connectivity index (χ1n) is 6.15. The molecule has 1 aliphatic heterocycles. The number of methoxy groups -OCH3 is 1. The van der Waals surface area contributed by atoms with Gasteiger partial charge in [-0.05, 0) is 17.7 Å². The molecular formula is C13H19FIN3OS. The highest BCUT2D eigenvalue weighted by Gasteiger charge is 2.12. The number of halogens is 2. The Hall–Kier alpha value is -0.700. The summed E-state index contributed by atoms with van der Waals surface area (Å²) >= 11 is 1.92. The summed E-state index contributed by atoms with van der Waals surface area (Å²) in [5.74, 6) is 2.56. The zero-order chi connectivity index (χ0) is 13.7. The molecule has 4 nitrogen and oxygen atoms in total. The number of guanidine groups is 1. The molecule has 0 saturated carbocycles. The van der Waals surface area contributed by atoms with Crippen LogP contribution in [0.1, 0.15) is 5.56 Å². The molecule has 0 amide bonds. The third-order valence-corrected chi connectivity index (χ3v) is 3.92. The largest absolute Gasteiger partial charge is 0.494 e. The van der Waals surface area contributed by atoms with E-state index in [1.54, 1.807) is 12.1 Å². The number of hydrogen-bond acceptors (Lipinski definition) is 3. The molecule has 0 aliphatic carbocycles. The van der Waals surface area contributed by atoms with E-state index in [-0.39, 0.29) is 35.5 Å². The molecule has 1 aliphatic rings. The van der Waals surface area contributed by atoms with Crippen molar-refractivity contribution in [1.82, 2.24) is 4.90 Å². The second-order valence-electron chi connectivity index (χ2n) is 4.24. The Morgan fingerprint density at radius 3 is 2.75 bits per heavy atom. The maximum absolute atomic E-state index is 13.5. The van der Waals surface area contributed by atoms with Crippen LogP contribution in [0.15, 0.2) is 23.2 Å². The van der Waals surface area contributed by atoms with Crippen LogP contribution >= 0.6 is 35.7 Å². The highest BCUT2D eigenvalue weighted by molar-refractivity contribution is 14.0. The second-order valence-corrected chi connectivity index (χ2v) is 5.47. The quantitative estimate of drug-likeness (QED) is 0.471. The summed E-state index contributed by atoms with van der Waals surface area (Å²) < 4.78 is 18.4. The highest BCUT2D eigenvalue weighted by Crippen LogP contribution is 2.18. The fraction of sp³-hybridized carbons (Fsp3) is 0.462. The van der Waals surface area contributed by atoms with E-state index in [9.17, 15) is 4.39 Å². The number of thioether (sulfide) groups is 1. The molecule has 20 heavy (non-hydrogen) atoms. The van der Waals surface area contributed by atoms with Crippen LogP contribution < -0.4 is 10.5 Å². The Balaban J connectivity index is 0.00000200. The van der Waals surface area contributed by atoms with Gasteiger partial charge in [0, 0.05) is 24.6 Å². The molecule has 0 spiro atoms. The molecule has 0 unspecified atom stereocenters. The fourth-order valence-electron chi connectivity index (χ4n) is 1.87. The lowest BCUT2D eigenvalue weighted by atomic mass is 10.2. The minimum atomic E-state index is -0.372. The number of nitrogens with zero attached hydrogens (tertiary/aromatic N) is 2. The first kappa shape index (κ1) is 17.4. The van der Waals surface area contributed by atoms with Gasteiger partial charge in [0.2, 0.25) is 0 Å². The first-order chi connectivity index (χ1) is 9.20. The molecule has 1 aromatic rings. The number of hydrogen-bond donors (Lipinski definition) is 1. The lowest BCUT2D eigenvalue weighted by Gasteiger charge is -2.27. The topological polar surface area (TPSA) is 50.9 Å². The molecule has 0 radical (unpaired) electrons. The van der Waals surface area contributed by atoms with E-state index in [0.29, 0.717) is 12.5 Å². The van der Waals surface area contributed by atoms with Crippen LogP contribution in [0.2, 0.25) is 0 Å². The standard InChI is InChI=1S/C13H18FN3OS.HI/c1-18-12-3-2-10(8-11(12)14)9-16-13(15)17-4-6-19-7-5-17;/h2-3,8H,4-7,9H2,1H3,(H2,15,16);1H. The van der Waals surface area contributed by atoms with Gasteiger partial charge in [0.1, 0.15) is 0 Å². The molecule has 7 heteroatoms. The lowest BCUT2D eigenvalue weighted by molar-refractivity contribution is 0.386. The summed E-state index contributed by atoms with van der Waals surface area (Å²) in [6, 6.07) is 4.83. The van der Waals surface area contributed by atoms with Crippen molar-refractivity contribution in [3.05, 3.63) is 29.6 Å². The van der Waals surface area contributed by atoms with Crippen molar-refractivity contribution in [1.29, 1.82) is 0 Å². The summed E-state index contributed by atoms with van der Waals surface area (Å²) in [4.78, 5) is 6.38. The SMILES string of the molecule is COc1ccc(CN=C(N)N2CCSCC2)cc1F.I. The van der Waals surface area contributed by atoms with Crippen molar-refractivity contribution in [2.24, 2.45) is 10.7 Å². The molecule has 1 heterocycles. The van der Waals surface area contributed by atoms with E-state index in [4.69, 9.17) is 10.5 Å². The lowest BCUT2D eigenvalue weighted by Crippen LogP contribution is -2.42. The molecule has 112 valence electrons. The Bertz CT molecular complexity index is 467. The maximum Gasteiger partial charge on any atom is 0.191 e. The van der Waals surface area contributed by atoms with E-state index in [0.717, 1.165) is 30.2 Å². The van der Waals surface area contributed by atoms with Crippen LogP contribution in [0.3, 0.4) is 0 Å². The number of rotatable bonds is 3. The number of benzene rings is 1.